The molecular formula is C18H23NO4. The number of nitrogens with two attached hydrogens (primary N) is 1. The van der Waals surface area contributed by atoms with Gasteiger partial charge in [-0.1, -0.05) is 0 Å². The van der Waals surface area contributed by atoms with E-state index in [2.05, 4.69) is 0 Å². The Labute approximate surface area is 136 Å². The Kier molecular flexibility index (Phi) is 6.41. The molecule has 2 aromatic carbocycles. The van der Waals surface area contributed by atoms with Gasteiger partial charge in [0.2, 0.25) is 0 Å². The first-order valence-corrected chi connectivity index (χ1v) is 7.65. The van der Waals surface area contributed by atoms with Crippen molar-refractivity contribution < 1.29 is 18.9 Å². The Hall–Kier alpha value is -2.56. The lowest BCUT2D eigenvalue weighted by atomic mass is 10.3. The van der Waals surface area contributed by atoms with E-state index < -0.39 is 0 Å². The topological polar surface area (TPSA) is 62.9 Å². The van der Waals surface area contributed by atoms with Crippen LogP contribution < -0.4 is 24.7 Å². The SMILES string of the molecule is CCOc1ccc(OCCCOc2ccc(OC)cc2N)cc1. The molecule has 2 rings (SSSR count). The van der Waals surface area contributed by atoms with Crippen molar-refractivity contribution in [1.29, 1.82) is 0 Å². The molecule has 0 radical (unpaired) electrons. The molecule has 0 aliphatic rings. The summed E-state index contributed by atoms with van der Waals surface area (Å²) in [5.41, 5.74) is 6.46. The van der Waals surface area contributed by atoms with Crippen molar-refractivity contribution in [2.45, 2.75) is 13.3 Å². The fourth-order valence-corrected chi connectivity index (χ4v) is 2.01. The molecule has 0 saturated carbocycles. The molecule has 0 aliphatic heterocycles. The smallest absolute Gasteiger partial charge is 0.142 e. The van der Waals surface area contributed by atoms with Gasteiger partial charge in [0.25, 0.3) is 0 Å². The lowest BCUT2D eigenvalue weighted by Gasteiger charge is -2.11. The highest BCUT2D eigenvalue weighted by Gasteiger charge is 2.02. The van der Waals surface area contributed by atoms with E-state index >= 15 is 0 Å². The molecule has 0 saturated heterocycles. The molecule has 0 fully saturated rings. The summed E-state index contributed by atoms with van der Waals surface area (Å²) < 4.78 is 21.8. The van der Waals surface area contributed by atoms with Crippen LogP contribution in [0, 0.1) is 0 Å². The van der Waals surface area contributed by atoms with Gasteiger partial charge in [-0.3, -0.25) is 0 Å². The van der Waals surface area contributed by atoms with Gasteiger partial charge in [0, 0.05) is 12.5 Å². The van der Waals surface area contributed by atoms with Gasteiger partial charge in [-0.2, -0.15) is 0 Å². The molecule has 124 valence electrons. The first-order chi connectivity index (χ1) is 11.2. The Bertz CT molecular complexity index is 598. The van der Waals surface area contributed by atoms with E-state index in [-0.39, 0.29) is 0 Å². The first-order valence-electron chi connectivity index (χ1n) is 7.65. The fourth-order valence-electron chi connectivity index (χ4n) is 2.01. The van der Waals surface area contributed by atoms with Crippen LogP contribution >= 0.6 is 0 Å². The van der Waals surface area contributed by atoms with E-state index in [9.17, 15) is 0 Å². The zero-order valence-corrected chi connectivity index (χ0v) is 13.6. The number of benzene rings is 2. The molecule has 5 heteroatoms. The van der Waals surface area contributed by atoms with Crippen LogP contribution in [0.15, 0.2) is 42.5 Å². The van der Waals surface area contributed by atoms with Gasteiger partial charge in [0.05, 0.1) is 32.6 Å². The summed E-state index contributed by atoms with van der Waals surface area (Å²) in [4.78, 5) is 0. The largest absolute Gasteiger partial charge is 0.497 e. The van der Waals surface area contributed by atoms with Gasteiger partial charge >= 0.3 is 0 Å². The number of ether oxygens (including phenoxy) is 4. The summed E-state index contributed by atoms with van der Waals surface area (Å²) in [7, 11) is 1.60. The van der Waals surface area contributed by atoms with E-state index in [1.54, 1.807) is 13.2 Å². The number of hydrogen-bond acceptors (Lipinski definition) is 5. The highest BCUT2D eigenvalue weighted by molar-refractivity contribution is 5.56. The van der Waals surface area contributed by atoms with Crippen LogP contribution in [0.5, 0.6) is 23.0 Å². The Morgan fingerprint density at radius 3 is 2.04 bits per heavy atom. The van der Waals surface area contributed by atoms with Crippen molar-refractivity contribution in [3.8, 4) is 23.0 Å². The summed E-state index contributed by atoms with van der Waals surface area (Å²) >= 11 is 0. The number of anilines is 1. The van der Waals surface area contributed by atoms with Gasteiger partial charge in [-0.05, 0) is 43.3 Å². The summed E-state index contributed by atoms with van der Waals surface area (Å²) in [6, 6.07) is 13.0. The molecule has 5 nitrogen and oxygen atoms in total. The third-order valence-electron chi connectivity index (χ3n) is 3.17. The van der Waals surface area contributed by atoms with E-state index in [0.717, 1.165) is 17.9 Å². The second-order valence-corrected chi connectivity index (χ2v) is 4.86. The predicted octanol–water partition coefficient (Wildman–Crippen LogP) is 3.52. The van der Waals surface area contributed by atoms with Crippen LogP contribution in [-0.4, -0.2) is 26.9 Å². The van der Waals surface area contributed by atoms with Gasteiger partial charge in [-0.25, -0.2) is 0 Å². The normalized spacial score (nSPS) is 10.2. The lowest BCUT2D eigenvalue weighted by Crippen LogP contribution is -2.06. The molecule has 0 bridgehead atoms. The van der Waals surface area contributed by atoms with Gasteiger partial charge in [0.1, 0.15) is 23.0 Å². The molecule has 0 unspecified atom stereocenters. The molecule has 0 aromatic heterocycles. The van der Waals surface area contributed by atoms with Gasteiger partial charge in [-0.15, -0.1) is 0 Å². The quantitative estimate of drug-likeness (QED) is 0.566. The van der Waals surface area contributed by atoms with Crippen LogP contribution in [0.3, 0.4) is 0 Å². The molecule has 0 spiro atoms. The second kappa shape index (κ2) is 8.78. The first kappa shape index (κ1) is 16.8. The fraction of sp³-hybridized carbons (Fsp3) is 0.333. The molecular weight excluding hydrogens is 294 g/mol. The molecule has 2 N–H and O–H groups in total. The van der Waals surface area contributed by atoms with Crippen molar-refractivity contribution in [1.82, 2.24) is 0 Å². The maximum atomic E-state index is 5.89. The summed E-state index contributed by atoms with van der Waals surface area (Å²) in [5, 5.41) is 0. The summed E-state index contributed by atoms with van der Waals surface area (Å²) in [5.74, 6) is 3.04. The van der Waals surface area contributed by atoms with Crippen LogP contribution in [-0.2, 0) is 0 Å². The van der Waals surface area contributed by atoms with E-state index in [0.29, 0.717) is 37.0 Å². The van der Waals surface area contributed by atoms with Gasteiger partial charge < -0.3 is 24.7 Å². The maximum absolute atomic E-state index is 5.89. The number of nitrogen functional groups attached to an aromatic ring is 1. The standard InChI is InChI=1S/C18H23NO4/c1-3-21-14-5-7-15(8-6-14)22-11-4-12-23-18-10-9-16(20-2)13-17(18)19/h5-10,13H,3-4,11-12,19H2,1-2H3. The third-order valence-corrected chi connectivity index (χ3v) is 3.17. The maximum Gasteiger partial charge on any atom is 0.142 e. The highest BCUT2D eigenvalue weighted by atomic mass is 16.5. The van der Waals surface area contributed by atoms with E-state index in [1.807, 2.05) is 43.3 Å². The minimum absolute atomic E-state index is 0.535. The number of methoxy groups -OCH3 is 1. The number of rotatable bonds is 9. The van der Waals surface area contributed by atoms with Crippen molar-refractivity contribution in [3.63, 3.8) is 0 Å². The van der Waals surface area contributed by atoms with Gasteiger partial charge in [0.15, 0.2) is 0 Å². The minimum Gasteiger partial charge on any atom is -0.497 e. The van der Waals surface area contributed by atoms with Crippen LogP contribution in [0.1, 0.15) is 13.3 Å². The van der Waals surface area contributed by atoms with Crippen molar-refractivity contribution in [2.24, 2.45) is 0 Å². The molecule has 0 heterocycles. The highest BCUT2D eigenvalue weighted by Crippen LogP contribution is 2.26. The summed E-state index contributed by atoms with van der Waals surface area (Å²) in [6.07, 6.45) is 0.763. The second-order valence-electron chi connectivity index (χ2n) is 4.86. The minimum atomic E-state index is 0.535. The van der Waals surface area contributed by atoms with Crippen LogP contribution in [0.2, 0.25) is 0 Å². The Morgan fingerprint density at radius 1 is 0.826 bits per heavy atom. The zero-order valence-electron chi connectivity index (χ0n) is 13.6. The van der Waals surface area contributed by atoms with Crippen molar-refractivity contribution >= 4 is 5.69 Å². The molecule has 2 aromatic rings. The average Bonchev–Trinajstić information content (AvgIpc) is 2.57. The van der Waals surface area contributed by atoms with Crippen LogP contribution in [0.25, 0.3) is 0 Å². The monoisotopic (exact) mass is 317 g/mol. The van der Waals surface area contributed by atoms with Crippen molar-refractivity contribution in [3.05, 3.63) is 42.5 Å². The molecule has 0 atom stereocenters. The third kappa shape index (κ3) is 5.29. The van der Waals surface area contributed by atoms with Crippen molar-refractivity contribution in [2.75, 3.05) is 32.7 Å². The number of hydrogen-bond donors (Lipinski definition) is 1. The molecule has 0 amide bonds. The van der Waals surface area contributed by atoms with Crippen LogP contribution in [0.4, 0.5) is 5.69 Å². The lowest BCUT2D eigenvalue weighted by molar-refractivity contribution is 0.247. The average molecular weight is 317 g/mol. The van der Waals surface area contributed by atoms with E-state index in [4.69, 9.17) is 24.7 Å². The predicted molar refractivity (Wildman–Crippen MR) is 90.6 cm³/mol. The molecule has 23 heavy (non-hydrogen) atoms. The van der Waals surface area contributed by atoms with E-state index in [1.165, 1.54) is 0 Å². The summed E-state index contributed by atoms with van der Waals surface area (Å²) in [6.45, 7) is 3.73. The zero-order chi connectivity index (χ0) is 16.5. The Balaban J connectivity index is 1.69. The Morgan fingerprint density at radius 2 is 1.43 bits per heavy atom. The molecule has 0 aliphatic carbocycles.